The standard InChI is InChI=1S/C18H15N3O3S/c1-3-9-21-15-14(16(22)20-18(21)25)12(17(23)24-2)10-13(19-15)11-7-5-4-6-8-11/h3-8,10H,1,9H2,2H3,(H,20,22,25). The van der Waals surface area contributed by atoms with E-state index in [9.17, 15) is 9.59 Å². The van der Waals surface area contributed by atoms with Crippen LogP contribution in [0.2, 0.25) is 0 Å². The number of hydrogen-bond acceptors (Lipinski definition) is 5. The summed E-state index contributed by atoms with van der Waals surface area (Å²) in [7, 11) is 1.27. The predicted octanol–water partition coefficient (Wildman–Crippen LogP) is 3.09. The second kappa shape index (κ2) is 6.82. The Morgan fingerprint density at radius 1 is 1.40 bits per heavy atom. The van der Waals surface area contributed by atoms with Gasteiger partial charge in [-0.05, 0) is 18.3 Å². The molecule has 2 aromatic heterocycles. The van der Waals surface area contributed by atoms with Crippen LogP contribution in [0.25, 0.3) is 22.3 Å². The van der Waals surface area contributed by atoms with Crippen LogP contribution in [0.3, 0.4) is 0 Å². The molecule has 0 amide bonds. The maximum absolute atomic E-state index is 12.4. The van der Waals surface area contributed by atoms with Crippen LogP contribution in [0.4, 0.5) is 0 Å². The van der Waals surface area contributed by atoms with Gasteiger partial charge in [-0.25, -0.2) is 9.78 Å². The molecule has 3 aromatic rings. The number of aromatic nitrogens is 3. The van der Waals surface area contributed by atoms with Crippen LogP contribution < -0.4 is 5.56 Å². The Labute approximate surface area is 148 Å². The maximum Gasteiger partial charge on any atom is 0.338 e. The van der Waals surface area contributed by atoms with Crippen molar-refractivity contribution in [3.8, 4) is 11.3 Å². The summed E-state index contributed by atoms with van der Waals surface area (Å²) in [6.45, 7) is 4.05. The maximum atomic E-state index is 12.4. The van der Waals surface area contributed by atoms with E-state index in [-0.39, 0.29) is 15.7 Å². The Kier molecular flexibility index (Phi) is 4.58. The van der Waals surface area contributed by atoms with Crippen molar-refractivity contribution in [2.75, 3.05) is 7.11 Å². The minimum atomic E-state index is -0.614. The first-order chi connectivity index (χ1) is 12.1. The van der Waals surface area contributed by atoms with E-state index in [1.54, 1.807) is 16.7 Å². The zero-order valence-corrected chi connectivity index (χ0v) is 14.3. The number of hydrogen-bond donors (Lipinski definition) is 1. The van der Waals surface area contributed by atoms with Crippen LogP contribution in [-0.2, 0) is 11.3 Å². The summed E-state index contributed by atoms with van der Waals surface area (Å²) in [5.41, 5.74) is 1.33. The molecule has 0 aliphatic heterocycles. The fourth-order valence-electron chi connectivity index (χ4n) is 2.60. The number of methoxy groups -OCH3 is 1. The van der Waals surface area contributed by atoms with Crippen molar-refractivity contribution in [1.82, 2.24) is 14.5 Å². The molecule has 2 heterocycles. The molecule has 0 bridgehead atoms. The van der Waals surface area contributed by atoms with Gasteiger partial charge >= 0.3 is 5.97 Å². The number of aromatic amines is 1. The van der Waals surface area contributed by atoms with E-state index in [1.165, 1.54) is 7.11 Å². The van der Waals surface area contributed by atoms with Crippen molar-refractivity contribution >= 4 is 29.2 Å². The van der Waals surface area contributed by atoms with Crippen LogP contribution in [-0.4, -0.2) is 27.6 Å². The van der Waals surface area contributed by atoms with Gasteiger partial charge in [-0.1, -0.05) is 36.4 Å². The van der Waals surface area contributed by atoms with Gasteiger partial charge in [0, 0.05) is 12.1 Å². The van der Waals surface area contributed by atoms with Crippen molar-refractivity contribution in [1.29, 1.82) is 0 Å². The molecule has 6 nitrogen and oxygen atoms in total. The topological polar surface area (TPSA) is 77.0 Å². The number of ether oxygens (including phenoxy) is 1. The van der Waals surface area contributed by atoms with Crippen molar-refractivity contribution in [3.05, 3.63) is 69.7 Å². The second-order valence-electron chi connectivity index (χ2n) is 5.27. The SMILES string of the molecule is C=CCn1c(=S)[nH]c(=O)c2c(C(=O)OC)cc(-c3ccccc3)nc21. The highest BCUT2D eigenvalue weighted by atomic mass is 32.1. The fraction of sp³-hybridized carbons (Fsp3) is 0.111. The quantitative estimate of drug-likeness (QED) is 0.443. The number of benzene rings is 1. The number of carbonyl (C=O) groups excluding carboxylic acids is 1. The normalized spacial score (nSPS) is 10.6. The van der Waals surface area contributed by atoms with Gasteiger partial charge in [0.1, 0.15) is 5.65 Å². The van der Waals surface area contributed by atoms with Gasteiger partial charge in [0.15, 0.2) is 4.77 Å². The number of pyridine rings is 1. The molecule has 0 unspecified atom stereocenters. The van der Waals surface area contributed by atoms with Crippen molar-refractivity contribution in [2.24, 2.45) is 0 Å². The number of nitrogens with one attached hydrogen (secondary N) is 1. The Morgan fingerprint density at radius 3 is 2.76 bits per heavy atom. The van der Waals surface area contributed by atoms with Crippen molar-refractivity contribution in [3.63, 3.8) is 0 Å². The zero-order chi connectivity index (χ0) is 18.0. The number of allylic oxidation sites excluding steroid dienone is 1. The molecule has 126 valence electrons. The largest absolute Gasteiger partial charge is 0.465 e. The first kappa shape index (κ1) is 16.8. The molecule has 0 saturated heterocycles. The van der Waals surface area contributed by atoms with Gasteiger partial charge in [-0.2, -0.15) is 0 Å². The zero-order valence-electron chi connectivity index (χ0n) is 13.5. The molecule has 1 N–H and O–H groups in total. The number of H-pyrrole nitrogens is 1. The number of nitrogens with zero attached hydrogens (tertiary/aromatic N) is 2. The third kappa shape index (κ3) is 3.01. The molecule has 0 aliphatic rings. The molecule has 0 atom stereocenters. The van der Waals surface area contributed by atoms with Crippen LogP contribution in [0.1, 0.15) is 10.4 Å². The van der Waals surface area contributed by atoms with Gasteiger partial charge in [-0.3, -0.25) is 14.3 Å². The van der Waals surface area contributed by atoms with Gasteiger partial charge in [0.05, 0.1) is 23.8 Å². The smallest absolute Gasteiger partial charge is 0.338 e. The molecule has 7 heteroatoms. The third-order valence-electron chi connectivity index (χ3n) is 3.74. The number of esters is 1. The van der Waals surface area contributed by atoms with E-state index in [4.69, 9.17) is 17.0 Å². The summed E-state index contributed by atoms with van der Waals surface area (Å²) < 4.78 is 6.68. The minimum absolute atomic E-state index is 0.139. The molecule has 0 radical (unpaired) electrons. The Bertz CT molecular complexity index is 1080. The lowest BCUT2D eigenvalue weighted by Crippen LogP contribution is -2.19. The molecule has 0 fully saturated rings. The molecule has 0 saturated carbocycles. The van der Waals surface area contributed by atoms with Crippen LogP contribution in [0, 0.1) is 4.77 Å². The number of fused-ring (bicyclic) bond motifs is 1. The second-order valence-corrected chi connectivity index (χ2v) is 5.66. The van der Waals surface area contributed by atoms with Gasteiger partial charge in [-0.15, -0.1) is 6.58 Å². The monoisotopic (exact) mass is 353 g/mol. The lowest BCUT2D eigenvalue weighted by molar-refractivity contribution is 0.0603. The Balaban J connectivity index is 2.48. The van der Waals surface area contributed by atoms with Crippen molar-refractivity contribution in [2.45, 2.75) is 6.54 Å². The average molecular weight is 353 g/mol. The highest BCUT2D eigenvalue weighted by Crippen LogP contribution is 2.23. The molecule has 25 heavy (non-hydrogen) atoms. The highest BCUT2D eigenvalue weighted by molar-refractivity contribution is 7.71. The molecule has 1 aromatic carbocycles. The van der Waals surface area contributed by atoms with Crippen LogP contribution >= 0.6 is 12.2 Å². The fourth-order valence-corrected chi connectivity index (χ4v) is 2.85. The highest BCUT2D eigenvalue weighted by Gasteiger charge is 2.19. The third-order valence-corrected chi connectivity index (χ3v) is 4.06. The molecular formula is C18H15N3O3S. The minimum Gasteiger partial charge on any atom is -0.465 e. The van der Waals surface area contributed by atoms with E-state index in [0.717, 1.165) is 5.56 Å². The Morgan fingerprint density at radius 2 is 2.12 bits per heavy atom. The van der Waals surface area contributed by atoms with Crippen LogP contribution in [0.5, 0.6) is 0 Å². The van der Waals surface area contributed by atoms with Gasteiger partial charge in [0.25, 0.3) is 5.56 Å². The van der Waals surface area contributed by atoms with Gasteiger partial charge < -0.3 is 4.74 Å². The van der Waals surface area contributed by atoms with Crippen molar-refractivity contribution < 1.29 is 9.53 Å². The lowest BCUT2D eigenvalue weighted by atomic mass is 10.1. The van der Waals surface area contributed by atoms with Crippen LogP contribution in [0.15, 0.2) is 53.8 Å². The summed E-state index contributed by atoms with van der Waals surface area (Å²) in [5, 5.41) is 0.141. The average Bonchev–Trinajstić information content (AvgIpc) is 2.64. The summed E-state index contributed by atoms with van der Waals surface area (Å²) >= 11 is 5.23. The molecular weight excluding hydrogens is 338 g/mol. The molecule has 0 spiro atoms. The molecule has 3 rings (SSSR count). The first-order valence-electron chi connectivity index (χ1n) is 7.49. The first-order valence-corrected chi connectivity index (χ1v) is 7.90. The summed E-state index contributed by atoms with van der Waals surface area (Å²) in [4.78, 5) is 31.9. The lowest BCUT2D eigenvalue weighted by Gasteiger charge is -2.12. The van der Waals surface area contributed by atoms with E-state index in [0.29, 0.717) is 17.9 Å². The summed E-state index contributed by atoms with van der Waals surface area (Å²) in [5.74, 6) is -0.614. The summed E-state index contributed by atoms with van der Waals surface area (Å²) in [6.07, 6.45) is 1.64. The van der Waals surface area contributed by atoms with E-state index >= 15 is 0 Å². The predicted molar refractivity (Wildman–Crippen MR) is 98.2 cm³/mol. The number of carbonyl (C=O) groups is 1. The van der Waals surface area contributed by atoms with E-state index in [1.807, 2.05) is 30.3 Å². The Hall–Kier alpha value is -3.06. The molecule has 0 aliphatic carbocycles. The summed E-state index contributed by atoms with van der Waals surface area (Å²) in [6, 6.07) is 10.9. The van der Waals surface area contributed by atoms with Gasteiger partial charge in [0.2, 0.25) is 0 Å². The number of rotatable bonds is 4. The van der Waals surface area contributed by atoms with E-state index < -0.39 is 11.5 Å². The van der Waals surface area contributed by atoms with E-state index in [2.05, 4.69) is 16.5 Å².